The molecule has 0 saturated heterocycles. The molecule has 1 N–H and O–H groups in total. The van der Waals surface area contributed by atoms with Gasteiger partial charge in [-0.25, -0.2) is 9.78 Å². The van der Waals surface area contributed by atoms with Gasteiger partial charge in [-0.05, 0) is 59.6 Å². The fourth-order valence-electron chi connectivity index (χ4n) is 3.07. The Balaban J connectivity index is 2.06. The summed E-state index contributed by atoms with van der Waals surface area (Å²) >= 11 is 6.86. The molecule has 174 valence electrons. The molecular formula is C23H23Br2N3O5. The Labute approximate surface area is 207 Å². The van der Waals surface area contributed by atoms with Gasteiger partial charge in [0, 0.05) is 20.9 Å². The van der Waals surface area contributed by atoms with Crippen LogP contribution in [-0.4, -0.2) is 40.2 Å². The number of nitrogens with zero attached hydrogens (tertiary/aromatic N) is 3. The molecule has 1 atom stereocenters. The molecule has 8 nitrogen and oxygen atoms in total. The number of rotatable bonds is 9. The van der Waals surface area contributed by atoms with Gasteiger partial charge in [-0.2, -0.15) is 9.78 Å². The van der Waals surface area contributed by atoms with Gasteiger partial charge in [-0.15, -0.1) is 0 Å². The van der Waals surface area contributed by atoms with Crippen LogP contribution >= 0.6 is 31.9 Å². The number of carboxylic acids is 1. The highest BCUT2D eigenvalue weighted by molar-refractivity contribution is 9.10. The highest BCUT2D eigenvalue weighted by Gasteiger charge is 2.17. The maximum Gasteiger partial charge on any atom is 0.344 e. The molecule has 3 rings (SSSR count). The van der Waals surface area contributed by atoms with E-state index in [0.29, 0.717) is 38.9 Å². The third-order valence-corrected chi connectivity index (χ3v) is 6.06. The number of unbranched alkanes of at least 4 members (excludes halogenated alkanes) is 1. The predicted octanol–water partition coefficient (Wildman–Crippen LogP) is 5.01. The zero-order valence-electron chi connectivity index (χ0n) is 18.3. The SMILES string of the molecule is CCCCc1nc2ccc(Br)cc2c(=O)n1N=Cc1cc(OC)c(O[C@@H](C)C(=O)O)cc1Br. The van der Waals surface area contributed by atoms with Crippen molar-refractivity contribution in [3.63, 3.8) is 0 Å². The smallest absolute Gasteiger partial charge is 0.344 e. The largest absolute Gasteiger partial charge is 0.493 e. The lowest BCUT2D eigenvalue weighted by atomic mass is 10.2. The number of methoxy groups -OCH3 is 1. The topological polar surface area (TPSA) is 103 Å². The molecule has 2 aromatic carbocycles. The van der Waals surface area contributed by atoms with Gasteiger partial charge in [-0.3, -0.25) is 4.79 Å². The number of hydrogen-bond donors (Lipinski definition) is 1. The third kappa shape index (κ3) is 5.80. The molecule has 33 heavy (non-hydrogen) atoms. The molecule has 0 unspecified atom stereocenters. The quantitative estimate of drug-likeness (QED) is 0.357. The summed E-state index contributed by atoms with van der Waals surface area (Å²) in [6, 6.07) is 8.65. The maximum absolute atomic E-state index is 13.2. The molecule has 0 radical (unpaired) electrons. The van der Waals surface area contributed by atoms with E-state index >= 15 is 0 Å². The van der Waals surface area contributed by atoms with E-state index in [1.807, 2.05) is 12.1 Å². The number of ether oxygens (including phenoxy) is 2. The molecule has 0 aliphatic carbocycles. The summed E-state index contributed by atoms with van der Waals surface area (Å²) in [4.78, 5) is 29.0. The summed E-state index contributed by atoms with van der Waals surface area (Å²) in [5.41, 5.74) is 0.976. The minimum atomic E-state index is -1.09. The molecule has 0 aliphatic rings. The van der Waals surface area contributed by atoms with E-state index < -0.39 is 12.1 Å². The summed E-state index contributed by atoms with van der Waals surface area (Å²) in [7, 11) is 1.46. The van der Waals surface area contributed by atoms with Gasteiger partial charge < -0.3 is 14.6 Å². The average molecular weight is 581 g/mol. The summed E-state index contributed by atoms with van der Waals surface area (Å²) < 4.78 is 13.5. The number of halogens is 2. The Morgan fingerprint density at radius 3 is 2.70 bits per heavy atom. The van der Waals surface area contributed by atoms with Crippen LogP contribution in [0.25, 0.3) is 10.9 Å². The van der Waals surface area contributed by atoms with Crippen molar-refractivity contribution in [1.29, 1.82) is 0 Å². The van der Waals surface area contributed by atoms with E-state index in [9.17, 15) is 9.59 Å². The fraction of sp³-hybridized carbons (Fsp3) is 0.304. The van der Waals surface area contributed by atoms with Gasteiger partial charge in [0.1, 0.15) is 5.82 Å². The van der Waals surface area contributed by atoms with E-state index in [1.165, 1.54) is 24.9 Å². The van der Waals surface area contributed by atoms with Crippen LogP contribution in [0.4, 0.5) is 0 Å². The summed E-state index contributed by atoms with van der Waals surface area (Å²) in [6.45, 7) is 3.50. The van der Waals surface area contributed by atoms with Crippen molar-refractivity contribution in [1.82, 2.24) is 9.66 Å². The van der Waals surface area contributed by atoms with E-state index in [0.717, 1.165) is 17.3 Å². The highest BCUT2D eigenvalue weighted by atomic mass is 79.9. The van der Waals surface area contributed by atoms with Crippen LogP contribution in [0, 0.1) is 0 Å². The van der Waals surface area contributed by atoms with Crippen LogP contribution in [0.3, 0.4) is 0 Å². The van der Waals surface area contributed by atoms with Crippen molar-refractivity contribution < 1.29 is 19.4 Å². The Hall–Kier alpha value is -2.72. The van der Waals surface area contributed by atoms with Gasteiger partial charge >= 0.3 is 5.97 Å². The number of aryl methyl sites for hydroxylation is 1. The van der Waals surface area contributed by atoms with Crippen LogP contribution in [0.2, 0.25) is 0 Å². The summed E-state index contributed by atoms with van der Waals surface area (Å²) in [5.74, 6) is 0.0980. The molecule has 0 saturated carbocycles. The average Bonchev–Trinajstić information content (AvgIpc) is 2.78. The van der Waals surface area contributed by atoms with Crippen LogP contribution < -0.4 is 15.0 Å². The first-order chi connectivity index (χ1) is 15.7. The second-order valence-corrected chi connectivity index (χ2v) is 9.05. The van der Waals surface area contributed by atoms with Crippen molar-refractivity contribution in [3.8, 4) is 11.5 Å². The number of carbonyl (C=O) groups is 1. The summed E-state index contributed by atoms with van der Waals surface area (Å²) in [6.07, 6.45) is 2.92. The minimum absolute atomic E-state index is 0.262. The van der Waals surface area contributed by atoms with Crippen molar-refractivity contribution in [2.45, 2.75) is 39.2 Å². The molecule has 3 aromatic rings. The molecular weight excluding hydrogens is 558 g/mol. The lowest BCUT2D eigenvalue weighted by Gasteiger charge is -2.15. The fourth-order valence-corrected chi connectivity index (χ4v) is 3.86. The number of aromatic nitrogens is 2. The first-order valence-electron chi connectivity index (χ1n) is 10.3. The van der Waals surface area contributed by atoms with Gasteiger partial charge in [0.05, 0.1) is 24.2 Å². The molecule has 0 fully saturated rings. The second-order valence-electron chi connectivity index (χ2n) is 7.28. The van der Waals surface area contributed by atoms with Crippen LogP contribution in [0.5, 0.6) is 11.5 Å². The third-order valence-electron chi connectivity index (χ3n) is 4.88. The summed E-state index contributed by atoms with van der Waals surface area (Å²) in [5, 5.41) is 14.0. The maximum atomic E-state index is 13.2. The van der Waals surface area contributed by atoms with Crippen molar-refractivity contribution in [3.05, 3.63) is 61.0 Å². The lowest BCUT2D eigenvalue weighted by Crippen LogP contribution is -2.23. The second kappa shape index (κ2) is 10.9. The highest BCUT2D eigenvalue weighted by Crippen LogP contribution is 2.33. The molecule has 10 heteroatoms. The monoisotopic (exact) mass is 579 g/mol. The zero-order valence-corrected chi connectivity index (χ0v) is 21.5. The Morgan fingerprint density at radius 2 is 2.03 bits per heavy atom. The first kappa shape index (κ1) is 24.9. The Kier molecular flexibility index (Phi) is 8.25. The van der Waals surface area contributed by atoms with Crippen LogP contribution in [0.15, 0.2) is 49.2 Å². The molecule has 1 heterocycles. The van der Waals surface area contributed by atoms with Gasteiger partial charge in [0.2, 0.25) is 0 Å². The van der Waals surface area contributed by atoms with Crippen molar-refractivity contribution in [2.24, 2.45) is 5.10 Å². The zero-order chi connectivity index (χ0) is 24.1. The lowest BCUT2D eigenvalue weighted by molar-refractivity contribution is -0.144. The number of benzene rings is 2. The van der Waals surface area contributed by atoms with Crippen molar-refractivity contribution >= 4 is 54.9 Å². The molecule has 1 aromatic heterocycles. The number of aliphatic carboxylic acids is 1. The standard InChI is InChI=1S/C23H23Br2N3O5/c1-4-5-6-21-27-18-8-7-15(24)10-16(18)22(29)28(21)26-12-14-9-19(32-3)20(11-17(14)25)33-13(2)23(30)31/h7-13H,4-6H2,1-3H3,(H,30,31)/t13-/m0/s1. The molecule has 0 aliphatic heterocycles. The van der Waals surface area contributed by atoms with Gasteiger partial charge in [0.25, 0.3) is 5.56 Å². The van der Waals surface area contributed by atoms with Crippen LogP contribution in [-0.2, 0) is 11.2 Å². The minimum Gasteiger partial charge on any atom is -0.493 e. The van der Waals surface area contributed by atoms with E-state index in [4.69, 9.17) is 14.6 Å². The number of fused-ring (bicyclic) bond motifs is 1. The Morgan fingerprint density at radius 1 is 1.27 bits per heavy atom. The first-order valence-corrected chi connectivity index (χ1v) is 11.9. The number of hydrogen-bond acceptors (Lipinski definition) is 6. The molecule has 0 amide bonds. The normalized spacial score (nSPS) is 12.3. The van der Waals surface area contributed by atoms with Gasteiger partial charge in [-0.1, -0.05) is 29.3 Å². The predicted molar refractivity (Wildman–Crippen MR) is 134 cm³/mol. The Bertz CT molecular complexity index is 1270. The number of carboxylic acid groups (broad SMARTS) is 1. The van der Waals surface area contributed by atoms with E-state index in [1.54, 1.807) is 18.2 Å². The van der Waals surface area contributed by atoms with Crippen molar-refractivity contribution in [2.75, 3.05) is 7.11 Å². The van der Waals surface area contributed by atoms with E-state index in [2.05, 4.69) is 48.9 Å². The van der Waals surface area contributed by atoms with E-state index in [-0.39, 0.29) is 11.3 Å². The van der Waals surface area contributed by atoms with Crippen LogP contribution in [0.1, 0.15) is 38.1 Å². The molecule has 0 spiro atoms. The van der Waals surface area contributed by atoms with Gasteiger partial charge in [0.15, 0.2) is 17.6 Å². The molecule has 0 bridgehead atoms.